The summed E-state index contributed by atoms with van der Waals surface area (Å²) in [5.74, 6) is 0.732. The number of nitrogens with zero attached hydrogens (tertiary/aromatic N) is 4. The smallest absolute Gasteiger partial charge is 0.266 e. The largest absolute Gasteiger partial charge is 0.302 e. The van der Waals surface area contributed by atoms with Gasteiger partial charge >= 0.3 is 10.2 Å². The Balaban J connectivity index is 1.66. The molecule has 0 radical (unpaired) electrons. The van der Waals surface area contributed by atoms with E-state index in [-0.39, 0.29) is 0 Å². The van der Waals surface area contributed by atoms with Gasteiger partial charge in [-0.25, -0.2) is 0 Å². The third-order valence-corrected chi connectivity index (χ3v) is 5.38. The fraction of sp³-hybridized carbons (Fsp3) is 0.467. The van der Waals surface area contributed by atoms with Gasteiger partial charge in [-0.15, -0.1) is 0 Å². The molecule has 0 spiro atoms. The van der Waals surface area contributed by atoms with Crippen LogP contribution >= 0.6 is 0 Å². The number of nitrogens with one attached hydrogen (secondary N) is 1. The normalized spacial score (nSPS) is 19.6. The minimum atomic E-state index is -3.53. The number of anilines is 1. The minimum Gasteiger partial charge on any atom is -0.266 e. The molecule has 1 saturated heterocycles. The first-order chi connectivity index (χ1) is 11.0. The van der Waals surface area contributed by atoms with Crippen molar-refractivity contribution in [1.29, 1.82) is 0 Å². The van der Waals surface area contributed by atoms with E-state index >= 15 is 0 Å². The predicted molar refractivity (Wildman–Crippen MR) is 88.1 cm³/mol. The Morgan fingerprint density at radius 3 is 3.00 bits per heavy atom. The monoisotopic (exact) mass is 335 g/mol. The van der Waals surface area contributed by atoms with E-state index in [9.17, 15) is 8.42 Å². The van der Waals surface area contributed by atoms with Gasteiger partial charge in [0, 0.05) is 37.7 Å². The zero-order valence-corrected chi connectivity index (χ0v) is 13.9. The maximum Gasteiger partial charge on any atom is 0.302 e. The summed E-state index contributed by atoms with van der Waals surface area (Å²) in [6.45, 7) is 3.75. The Morgan fingerprint density at radius 2 is 2.26 bits per heavy atom. The summed E-state index contributed by atoms with van der Waals surface area (Å²) < 4.78 is 30.6. The van der Waals surface area contributed by atoms with Crippen LogP contribution in [0.5, 0.6) is 0 Å². The van der Waals surface area contributed by atoms with Crippen LogP contribution in [-0.4, -0.2) is 40.6 Å². The molecule has 1 fully saturated rings. The number of hydrogen-bond acceptors (Lipinski definition) is 4. The number of aromatic nitrogens is 3. The summed E-state index contributed by atoms with van der Waals surface area (Å²) in [4.78, 5) is 4.06. The van der Waals surface area contributed by atoms with Crippen LogP contribution < -0.4 is 4.72 Å². The van der Waals surface area contributed by atoms with Gasteiger partial charge in [0.25, 0.3) is 0 Å². The molecule has 1 unspecified atom stereocenters. The van der Waals surface area contributed by atoms with Crippen LogP contribution in [0.25, 0.3) is 0 Å². The number of piperidine rings is 1. The zero-order chi connectivity index (χ0) is 16.3. The second-order valence-corrected chi connectivity index (χ2v) is 7.64. The second kappa shape index (κ2) is 6.67. The third kappa shape index (κ3) is 4.08. The molecule has 0 aliphatic carbocycles. The van der Waals surface area contributed by atoms with Gasteiger partial charge in [0.15, 0.2) is 5.82 Å². The summed E-state index contributed by atoms with van der Waals surface area (Å²) in [5, 5.41) is 4.28. The van der Waals surface area contributed by atoms with Crippen molar-refractivity contribution in [2.45, 2.75) is 26.3 Å². The Morgan fingerprint density at radius 1 is 1.39 bits per heavy atom. The van der Waals surface area contributed by atoms with Crippen LogP contribution in [-0.2, 0) is 16.8 Å². The fourth-order valence-corrected chi connectivity index (χ4v) is 4.07. The molecule has 0 amide bonds. The predicted octanol–water partition coefficient (Wildman–Crippen LogP) is 1.72. The Bertz CT molecular complexity index is 744. The molecule has 3 rings (SSSR count). The van der Waals surface area contributed by atoms with Gasteiger partial charge in [-0.3, -0.25) is 14.4 Å². The van der Waals surface area contributed by atoms with Crippen molar-refractivity contribution in [1.82, 2.24) is 19.1 Å². The van der Waals surface area contributed by atoms with E-state index in [1.54, 1.807) is 29.3 Å². The molecule has 1 N–H and O–H groups in total. The zero-order valence-electron chi connectivity index (χ0n) is 13.1. The molecular weight excluding hydrogens is 314 g/mol. The van der Waals surface area contributed by atoms with Gasteiger partial charge in [0.1, 0.15) is 0 Å². The van der Waals surface area contributed by atoms with Crippen molar-refractivity contribution < 1.29 is 8.42 Å². The number of rotatable bonds is 5. The maximum atomic E-state index is 12.4. The number of hydrogen-bond donors (Lipinski definition) is 1. The maximum absolute atomic E-state index is 12.4. The lowest BCUT2D eigenvalue weighted by atomic mass is 10.0. The molecule has 0 bridgehead atoms. The lowest BCUT2D eigenvalue weighted by Crippen LogP contribution is -2.42. The quantitative estimate of drug-likeness (QED) is 0.902. The van der Waals surface area contributed by atoms with Crippen molar-refractivity contribution in [2.75, 3.05) is 17.8 Å². The van der Waals surface area contributed by atoms with Gasteiger partial charge in [-0.1, -0.05) is 13.0 Å². The van der Waals surface area contributed by atoms with Crippen molar-refractivity contribution in [3.05, 3.63) is 42.4 Å². The standard InChI is InChI=1S/C15H21N5O2S/c1-13-4-3-8-20(11-13)23(21,22)18-15-6-9-19(17-15)12-14-5-2-7-16-10-14/h2,5-7,9-10,13H,3-4,8,11-12H2,1H3,(H,17,18). The molecule has 124 valence electrons. The van der Waals surface area contributed by atoms with Gasteiger partial charge in [0.2, 0.25) is 0 Å². The number of pyridine rings is 1. The van der Waals surface area contributed by atoms with Crippen molar-refractivity contribution in [3.8, 4) is 0 Å². The average molecular weight is 335 g/mol. The molecule has 0 aromatic carbocycles. The van der Waals surface area contributed by atoms with Crippen LogP contribution in [0, 0.1) is 5.92 Å². The van der Waals surface area contributed by atoms with Gasteiger partial charge < -0.3 is 0 Å². The molecule has 3 heterocycles. The molecule has 0 saturated carbocycles. The van der Waals surface area contributed by atoms with E-state index in [1.807, 2.05) is 12.1 Å². The first-order valence-corrected chi connectivity index (χ1v) is 9.17. The molecule has 8 heteroatoms. The minimum absolute atomic E-state index is 0.340. The molecule has 2 aromatic rings. The van der Waals surface area contributed by atoms with E-state index < -0.39 is 10.2 Å². The Hall–Kier alpha value is -1.93. The van der Waals surface area contributed by atoms with Crippen LogP contribution in [0.4, 0.5) is 5.82 Å². The summed E-state index contributed by atoms with van der Waals surface area (Å²) in [5.41, 5.74) is 1.01. The van der Waals surface area contributed by atoms with E-state index in [0.717, 1.165) is 18.4 Å². The molecule has 23 heavy (non-hydrogen) atoms. The highest BCUT2D eigenvalue weighted by atomic mass is 32.2. The fourth-order valence-electron chi connectivity index (χ4n) is 2.74. The van der Waals surface area contributed by atoms with E-state index in [0.29, 0.717) is 31.4 Å². The highest BCUT2D eigenvalue weighted by Crippen LogP contribution is 2.19. The first-order valence-electron chi connectivity index (χ1n) is 7.73. The lowest BCUT2D eigenvalue weighted by Gasteiger charge is -2.29. The molecule has 1 aliphatic heterocycles. The van der Waals surface area contributed by atoms with Gasteiger partial charge in [0.05, 0.1) is 6.54 Å². The average Bonchev–Trinajstić information content (AvgIpc) is 2.94. The van der Waals surface area contributed by atoms with Gasteiger partial charge in [-0.2, -0.15) is 17.8 Å². The molecule has 2 aromatic heterocycles. The van der Waals surface area contributed by atoms with Gasteiger partial charge in [-0.05, 0) is 30.4 Å². The van der Waals surface area contributed by atoms with Crippen LogP contribution in [0.15, 0.2) is 36.8 Å². The summed E-state index contributed by atoms with van der Waals surface area (Å²) in [6, 6.07) is 5.48. The highest BCUT2D eigenvalue weighted by Gasteiger charge is 2.27. The highest BCUT2D eigenvalue weighted by molar-refractivity contribution is 7.90. The summed E-state index contributed by atoms with van der Waals surface area (Å²) in [6.07, 6.45) is 7.21. The van der Waals surface area contributed by atoms with Crippen LogP contribution in [0.2, 0.25) is 0 Å². The van der Waals surface area contributed by atoms with E-state index in [1.165, 1.54) is 4.31 Å². The molecular formula is C15H21N5O2S. The van der Waals surface area contributed by atoms with E-state index in [4.69, 9.17) is 0 Å². The van der Waals surface area contributed by atoms with Crippen LogP contribution in [0.3, 0.4) is 0 Å². The molecule has 7 nitrogen and oxygen atoms in total. The summed E-state index contributed by atoms with van der Waals surface area (Å²) >= 11 is 0. The SMILES string of the molecule is CC1CCCN(S(=O)(=O)Nc2ccn(Cc3cccnc3)n2)C1. The van der Waals surface area contributed by atoms with Crippen molar-refractivity contribution in [3.63, 3.8) is 0 Å². The second-order valence-electron chi connectivity index (χ2n) is 5.97. The van der Waals surface area contributed by atoms with Crippen molar-refractivity contribution >= 4 is 16.0 Å². The topological polar surface area (TPSA) is 80.1 Å². The van der Waals surface area contributed by atoms with E-state index in [2.05, 4.69) is 21.7 Å². The summed E-state index contributed by atoms with van der Waals surface area (Å²) in [7, 11) is -3.53. The Kier molecular flexibility index (Phi) is 4.63. The third-order valence-electron chi connectivity index (χ3n) is 3.90. The first kappa shape index (κ1) is 15.9. The van der Waals surface area contributed by atoms with Crippen molar-refractivity contribution in [2.24, 2.45) is 5.92 Å². The molecule has 1 atom stereocenters. The molecule has 1 aliphatic rings. The Labute approximate surface area is 136 Å². The lowest BCUT2D eigenvalue weighted by molar-refractivity contribution is 0.282. The van der Waals surface area contributed by atoms with Crippen LogP contribution in [0.1, 0.15) is 25.3 Å².